The maximum atomic E-state index is 12.6. The van der Waals surface area contributed by atoms with Gasteiger partial charge in [0.15, 0.2) is 5.82 Å². The van der Waals surface area contributed by atoms with Crippen LogP contribution in [0, 0.1) is 13.8 Å². The first kappa shape index (κ1) is 17.5. The number of aryl methyl sites for hydroxylation is 2. The van der Waals surface area contributed by atoms with Gasteiger partial charge in [-0.05, 0) is 61.2 Å². The van der Waals surface area contributed by atoms with Gasteiger partial charge in [-0.25, -0.2) is 0 Å². The second-order valence-corrected chi connectivity index (χ2v) is 6.57. The van der Waals surface area contributed by atoms with Crippen LogP contribution in [0.2, 0.25) is 0 Å². The smallest absolute Gasteiger partial charge is 0.253 e. The molecule has 0 saturated heterocycles. The highest BCUT2D eigenvalue weighted by Crippen LogP contribution is 2.24. The number of hydrogen-bond donors (Lipinski definition) is 1. The van der Waals surface area contributed by atoms with Crippen molar-refractivity contribution in [2.75, 3.05) is 5.32 Å². The number of carbonyl (C=O) groups is 1. The van der Waals surface area contributed by atoms with E-state index in [9.17, 15) is 4.79 Å². The summed E-state index contributed by atoms with van der Waals surface area (Å²) < 4.78 is 7.65. The second-order valence-electron chi connectivity index (χ2n) is 6.57. The number of carbonyl (C=O) groups excluding carboxylic acids is 1. The van der Waals surface area contributed by atoms with Gasteiger partial charge in [-0.3, -0.25) is 4.79 Å². The summed E-state index contributed by atoms with van der Waals surface area (Å²) in [4.78, 5) is 12.6. The Morgan fingerprint density at radius 2 is 2.12 bits per heavy atom. The van der Waals surface area contributed by atoms with E-state index in [1.165, 1.54) is 12.8 Å². The Morgan fingerprint density at radius 1 is 1.36 bits per heavy atom. The number of anilines is 1. The Kier molecular flexibility index (Phi) is 5.43. The molecule has 134 valence electrons. The lowest BCUT2D eigenvalue weighted by atomic mass is 10.1. The fraction of sp³-hybridized carbons (Fsp3) is 0.556. The van der Waals surface area contributed by atoms with Crippen LogP contribution in [0.15, 0.2) is 18.2 Å². The van der Waals surface area contributed by atoms with Crippen molar-refractivity contribution >= 4 is 11.6 Å². The molecule has 1 N–H and O–H groups in total. The monoisotopic (exact) mass is 343 g/mol. The third-order valence-corrected chi connectivity index (χ3v) is 4.65. The minimum absolute atomic E-state index is 0.0994. The number of nitrogens with one attached hydrogen (secondary N) is 1. The Morgan fingerprint density at radius 3 is 2.76 bits per heavy atom. The Bertz CT molecular complexity index is 737. The second kappa shape index (κ2) is 7.74. The summed E-state index contributed by atoms with van der Waals surface area (Å²) in [5.74, 6) is 0.597. The van der Waals surface area contributed by atoms with Crippen molar-refractivity contribution in [3.63, 3.8) is 0 Å². The molecule has 1 aromatic heterocycles. The summed E-state index contributed by atoms with van der Waals surface area (Å²) in [7, 11) is 0. The topological polar surface area (TPSA) is 81.9 Å². The van der Waals surface area contributed by atoms with Crippen LogP contribution in [0.25, 0.3) is 5.69 Å². The van der Waals surface area contributed by atoms with E-state index >= 15 is 0 Å². The summed E-state index contributed by atoms with van der Waals surface area (Å²) >= 11 is 0. The maximum absolute atomic E-state index is 12.6. The predicted molar refractivity (Wildman–Crippen MR) is 94.7 cm³/mol. The molecular weight excluding hydrogens is 318 g/mol. The van der Waals surface area contributed by atoms with Gasteiger partial charge in [0.05, 0.1) is 11.8 Å². The van der Waals surface area contributed by atoms with Gasteiger partial charge in [-0.15, -0.1) is 5.10 Å². The summed E-state index contributed by atoms with van der Waals surface area (Å²) in [6.07, 6.45) is 4.95. The molecule has 1 fully saturated rings. The number of amides is 1. The molecule has 1 aliphatic rings. The van der Waals surface area contributed by atoms with Gasteiger partial charge in [0.2, 0.25) is 0 Å². The largest absolute Gasteiger partial charge is 0.365 e. The Labute approximate surface area is 147 Å². The van der Waals surface area contributed by atoms with E-state index in [2.05, 4.69) is 20.8 Å². The zero-order valence-corrected chi connectivity index (χ0v) is 15.0. The average molecular weight is 343 g/mol. The third kappa shape index (κ3) is 4.04. The van der Waals surface area contributed by atoms with Gasteiger partial charge in [0.25, 0.3) is 5.91 Å². The highest BCUT2D eigenvalue weighted by molar-refractivity contribution is 5.94. The molecular formula is C18H25N5O2. The molecule has 25 heavy (non-hydrogen) atoms. The van der Waals surface area contributed by atoms with Crippen molar-refractivity contribution in [1.82, 2.24) is 20.2 Å². The van der Waals surface area contributed by atoms with Gasteiger partial charge in [-0.1, -0.05) is 25.8 Å². The number of rotatable bonds is 6. The van der Waals surface area contributed by atoms with Gasteiger partial charge >= 0.3 is 0 Å². The van der Waals surface area contributed by atoms with E-state index in [1.807, 2.05) is 39.0 Å². The molecule has 1 unspecified atom stereocenters. The quantitative estimate of drug-likeness (QED) is 0.872. The molecule has 0 aliphatic heterocycles. The van der Waals surface area contributed by atoms with Crippen molar-refractivity contribution in [3.05, 3.63) is 29.6 Å². The molecule has 0 bridgehead atoms. The predicted octanol–water partition coefficient (Wildman–Crippen LogP) is 2.96. The Balaban J connectivity index is 1.73. The molecule has 0 spiro atoms. The van der Waals surface area contributed by atoms with E-state index in [4.69, 9.17) is 4.74 Å². The van der Waals surface area contributed by atoms with Crippen LogP contribution in [0.1, 0.15) is 50.4 Å². The third-order valence-electron chi connectivity index (χ3n) is 4.65. The first-order valence-corrected chi connectivity index (χ1v) is 8.90. The highest BCUT2D eigenvalue weighted by Gasteiger charge is 2.24. The molecule has 7 heteroatoms. The first-order valence-electron chi connectivity index (χ1n) is 8.90. The molecule has 1 amide bonds. The zero-order chi connectivity index (χ0) is 17.8. The van der Waals surface area contributed by atoms with E-state index in [0.29, 0.717) is 17.9 Å². The fourth-order valence-electron chi connectivity index (χ4n) is 3.19. The van der Waals surface area contributed by atoms with Crippen molar-refractivity contribution < 1.29 is 9.53 Å². The molecule has 7 nitrogen and oxygen atoms in total. The molecule has 1 aliphatic carbocycles. The number of tetrazole rings is 1. The van der Waals surface area contributed by atoms with Crippen molar-refractivity contribution in [2.45, 2.75) is 65.1 Å². The summed E-state index contributed by atoms with van der Waals surface area (Å²) in [5, 5.41) is 14.6. The van der Waals surface area contributed by atoms with E-state index in [0.717, 1.165) is 24.1 Å². The van der Waals surface area contributed by atoms with Crippen LogP contribution < -0.4 is 5.32 Å². The van der Waals surface area contributed by atoms with E-state index in [1.54, 1.807) is 4.68 Å². The van der Waals surface area contributed by atoms with Gasteiger partial charge in [0.1, 0.15) is 6.10 Å². The van der Waals surface area contributed by atoms with Gasteiger partial charge in [0, 0.05) is 5.69 Å². The van der Waals surface area contributed by atoms with E-state index < -0.39 is 6.10 Å². The molecule has 1 saturated carbocycles. The molecule has 1 heterocycles. The average Bonchev–Trinajstić information content (AvgIpc) is 3.26. The van der Waals surface area contributed by atoms with Crippen LogP contribution in [0.4, 0.5) is 5.69 Å². The van der Waals surface area contributed by atoms with Crippen molar-refractivity contribution in [3.8, 4) is 5.69 Å². The van der Waals surface area contributed by atoms with Crippen LogP contribution in [0.3, 0.4) is 0 Å². The Hall–Kier alpha value is -2.28. The summed E-state index contributed by atoms with van der Waals surface area (Å²) in [6.45, 7) is 5.80. The lowest BCUT2D eigenvalue weighted by Crippen LogP contribution is -2.32. The normalized spacial score (nSPS) is 16.1. The lowest BCUT2D eigenvalue weighted by Gasteiger charge is -2.20. The van der Waals surface area contributed by atoms with Crippen molar-refractivity contribution in [2.24, 2.45) is 0 Å². The summed E-state index contributed by atoms with van der Waals surface area (Å²) in [6, 6.07) is 5.72. The number of aromatic nitrogens is 4. The SMILES string of the molecule is CCC(OC1CCCC1)C(=O)Nc1ccc(C)c(-n2nnnc2C)c1. The molecule has 0 radical (unpaired) electrons. The standard InChI is InChI=1S/C18H25N5O2/c1-4-17(25-15-7-5-6-8-15)18(24)19-14-10-9-12(2)16(11-14)23-13(3)20-21-22-23/h9-11,15,17H,4-8H2,1-3H3,(H,19,24). The molecule has 3 rings (SSSR count). The molecule has 1 aromatic carbocycles. The first-order chi connectivity index (χ1) is 12.1. The number of hydrogen-bond acceptors (Lipinski definition) is 5. The van der Waals surface area contributed by atoms with Crippen LogP contribution in [-0.2, 0) is 9.53 Å². The number of nitrogens with zero attached hydrogens (tertiary/aromatic N) is 4. The van der Waals surface area contributed by atoms with Gasteiger partial charge in [-0.2, -0.15) is 4.68 Å². The van der Waals surface area contributed by atoms with Gasteiger partial charge < -0.3 is 10.1 Å². The maximum Gasteiger partial charge on any atom is 0.253 e. The highest BCUT2D eigenvalue weighted by atomic mass is 16.5. The summed E-state index contributed by atoms with van der Waals surface area (Å²) in [5.41, 5.74) is 2.60. The van der Waals surface area contributed by atoms with Crippen molar-refractivity contribution in [1.29, 1.82) is 0 Å². The van der Waals surface area contributed by atoms with E-state index in [-0.39, 0.29) is 12.0 Å². The van der Waals surface area contributed by atoms with Crippen LogP contribution >= 0.6 is 0 Å². The van der Waals surface area contributed by atoms with Crippen LogP contribution in [0.5, 0.6) is 0 Å². The van der Waals surface area contributed by atoms with Crippen LogP contribution in [-0.4, -0.2) is 38.3 Å². The lowest BCUT2D eigenvalue weighted by molar-refractivity contribution is -0.131. The number of ether oxygens (including phenoxy) is 1. The molecule has 2 aromatic rings. The minimum atomic E-state index is -0.414. The number of benzene rings is 1. The zero-order valence-electron chi connectivity index (χ0n) is 15.0. The minimum Gasteiger partial charge on any atom is -0.365 e. The molecule has 1 atom stereocenters. The fourth-order valence-corrected chi connectivity index (χ4v) is 3.19.